The number of oxazole rings is 1. The van der Waals surface area contributed by atoms with Crippen LogP contribution >= 0.6 is 0 Å². The van der Waals surface area contributed by atoms with Crippen LogP contribution in [0.4, 0.5) is 0 Å². The zero-order chi connectivity index (χ0) is 13.1. The lowest BCUT2D eigenvalue weighted by atomic mass is 10.1. The van der Waals surface area contributed by atoms with Gasteiger partial charge in [0.05, 0.1) is 5.69 Å². The predicted molar refractivity (Wildman–Crippen MR) is 74.7 cm³/mol. The normalized spacial score (nSPS) is 15.7. The summed E-state index contributed by atoms with van der Waals surface area (Å²) in [6.07, 6.45) is 1.77. The zero-order valence-corrected chi connectivity index (χ0v) is 11.2. The first-order valence-corrected chi connectivity index (χ1v) is 6.81. The minimum atomic E-state index is 0.641. The summed E-state index contributed by atoms with van der Waals surface area (Å²) in [5.41, 5.74) is 2.04. The first-order chi connectivity index (χ1) is 9.36. The highest BCUT2D eigenvalue weighted by molar-refractivity contribution is 5.52. The van der Waals surface area contributed by atoms with E-state index < -0.39 is 0 Å². The number of hydrogen-bond acceptors (Lipinski definition) is 4. The Balaban J connectivity index is 1.70. The fourth-order valence-corrected chi connectivity index (χ4v) is 2.33. The molecule has 1 saturated heterocycles. The van der Waals surface area contributed by atoms with Crippen molar-refractivity contribution in [1.29, 1.82) is 0 Å². The van der Waals surface area contributed by atoms with Gasteiger partial charge in [-0.1, -0.05) is 25.1 Å². The summed E-state index contributed by atoms with van der Waals surface area (Å²) in [6.45, 7) is 6.25. The SMILES string of the molecule is CCN(Cc1coc(-c2ccccc2)n1)C1CNC1. The summed E-state index contributed by atoms with van der Waals surface area (Å²) < 4.78 is 5.57. The maximum atomic E-state index is 5.57. The van der Waals surface area contributed by atoms with Gasteiger partial charge in [0.1, 0.15) is 6.26 Å². The molecule has 3 rings (SSSR count). The third-order valence-corrected chi connectivity index (χ3v) is 3.62. The second kappa shape index (κ2) is 5.55. The van der Waals surface area contributed by atoms with Crippen LogP contribution in [0.3, 0.4) is 0 Å². The predicted octanol–water partition coefficient (Wildman–Crippen LogP) is 2.14. The smallest absolute Gasteiger partial charge is 0.226 e. The summed E-state index contributed by atoms with van der Waals surface area (Å²) >= 11 is 0. The largest absolute Gasteiger partial charge is 0.444 e. The Kier molecular flexibility index (Phi) is 3.62. The highest BCUT2D eigenvalue weighted by Crippen LogP contribution is 2.19. The Bertz CT molecular complexity index is 519. The molecule has 0 bridgehead atoms. The second-order valence-electron chi connectivity index (χ2n) is 4.89. The van der Waals surface area contributed by atoms with Crippen molar-refractivity contribution in [3.05, 3.63) is 42.3 Å². The average molecular weight is 257 g/mol. The first kappa shape index (κ1) is 12.4. The molecule has 1 aromatic heterocycles. The van der Waals surface area contributed by atoms with Crippen LogP contribution in [0.2, 0.25) is 0 Å². The van der Waals surface area contributed by atoms with Crippen LogP contribution in [0.1, 0.15) is 12.6 Å². The van der Waals surface area contributed by atoms with Gasteiger partial charge >= 0.3 is 0 Å². The van der Waals surface area contributed by atoms with Gasteiger partial charge in [0.15, 0.2) is 0 Å². The number of nitrogens with one attached hydrogen (secondary N) is 1. The quantitative estimate of drug-likeness (QED) is 0.891. The van der Waals surface area contributed by atoms with E-state index in [2.05, 4.69) is 22.1 Å². The summed E-state index contributed by atoms with van der Waals surface area (Å²) in [5, 5.41) is 3.31. The molecule has 19 heavy (non-hydrogen) atoms. The molecule has 2 aromatic rings. The van der Waals surface area contributed by atoms with Gasteiger partial charge in [-0.25, -0.2) is 4.98 Å². The van der Waals surface area contributed by atoms with E-state index in [4.69, 9.17) is 4.42 Å². The standard InChI is InChI=1S/C15H19N3O/c1-2-18(14-8-16-9-14)10-13-11-19-15(17-13)12-6-4-3-5-7-12/h3-7,11,14,16H,2,8-10H2,1H3. The molecule has 100 valence electrons. The van der Waals surface area contributed by atoms with E-state index >= 15 is 0 Å². The molecule has 0 unspecified atom stereocenters. The van der Waals surface area contributed by atoms with E-state index in [1.54, 1.807) is 6.26 Å². The Morgan fingerprint density at radius 3 is 2.74 bits per heavy atom. The molecule has 0 aliphatic carbocycles. The molecule has 0 atom stereocenters. The third kappa shape index (κ3) is 2.69. The van der Waals surface area contributed by atoms with Crippen molar-refractivity contribution in [3.63, 3.8) is 0 Å². The number of benzene rings is 1. The van der Waals surface area contributed by atoms with Gasteiger partial charge in [-0.2, -0.15) is 0 Å². The maximum absolute atomic E-state index is 5.57. The molecule has 1 N–H and O–H groups in total. The van der Waals surface area contributed by atoms with Crippen molar-refractivity contribution in [2.45, 2.75) is 19.5 Å². The van der Waals surface area contributed by atoms with Gasteiger partial charge in [0.2, 0.25) is 5.89 Å². The molecule has 1 aromatic carbocycles. The van der Waals surface area contributed by atoms with Gasteiger partial charge in [0.25, 0.3) is 0 Å². The minimum Gasteiger partial charge on any atom is -0.444 e. The molecular formula is C15H19N3O. The molecule has 0 saturated carbocycles. The van der Waals surface area contributed by atoms with Gasteiger partial charge in [-0.05, 0) is 18.7 Å². The number of hydrogen-bond donors (Lipinski definition) is 1. The van der Waals surface area contributed by atoms with E-state index in [1.807, 2.05) is 30.3 Å². The Hall–Kier alpha value is -1.65. The summed E-state index contributed by atoms with van der Waals surface area (Å²) in [4.78, 5) is 7.01. The van der Waals surface area contributed by atoms with Crippen molar-refractivity contribution in [3.8, 4) is 11.5 Å². The lowest BCUT2D eigenvalue weighted by Crippen LogP contribution is -2.56. The van der Waals surface area contributed by atoms with Crippen molar-refractivity contribution in [2.75, 3.05) is 19.6 Å². The Morgan fingerprint density at radius 1 is 1.32 bits per heavy atom. The first-order valence-electron chi connectivity index (χ1n) is 6.81. The van der Waals surface area contributed by atoms with Gasteiger partial charge < -0.3 is 9.73 Å². The summed E-state index contributed by atoms with van der Waals surface area (Å²) in [6, 6.07) is 10.7. The topological polar surface area (TPSA) is 41.3 Å². The molecule has 0 amide bonds. The lowest BCUT2D eigenvalue weighted by Gasteiger charge is -2.37. The second-order valence-corrected chi connectivity index (χ2v) is 4.89. The lowest BCUT2D eigenvalue weighted by molar-refractivity contribution is 0.143. The molecule has 1 aliphatic heterocycles. The molecule has 2 heterocycles. The van der Waals surface area contributed by atoms with Crippen LogP contribution in [0.15, 0.2) is 41.0 Å². The highest BCUT2D eigenvalue weighted by atomic mass is 16.3. The van der Waals surface area contributed by atoms with E-state index in [9.17, 15) is 0 Å². The summed E-state index contributed by atoms with van der Waals surface area (Å²) in [7, 11) is 0. The van der Waals surface area contributed by atoms with Gasteiger partial charge in [0, 0.05) is 31.2 Å². The number of nitrogens with zero attached hydrogens (tertiary/aromatic N) is 2. The maximum Gasteiger partial charge on any atom is 0.226 e. The highest BCUT2D eigenvalue weighted by Gasteiger charge is 2.24. The molecule has 0 radical (unpaired) electrons. The van der Waals surface area contributed by atoms with Crippen molar-refractivity contribution >= 4 is 0 Å². The van der Waals surface area contributed by atoms with Crippen LogP contribution in [0.25, 0.3) is 11.5 Å². The molecule has 1 fully saturated rings. The third-order valence-electron chi connectivity index (χ3n) is 3.62. The Labute approximate surface area is 113 Å². The average Bonchev–Trinajstić information content (AvgIpc) is 2.85. The number of aromatic nitrogens is 1. The van der Waals surface area contributed by atoms with E-state index in [1.165, 1.54) is 0 Å². The molecule has 1 aliphatic rings. The van der Waals surface area contributed by atoms with E-state index in [0.717, 1.165) is 37.4 Å². The van der Waals surface area contributed by atoms with Crippen molar-refractivity contribution in [1.82, 2.24) is 15.2 Å². The van der Waals surface area contributed by atoms with E-state index in [-0.39, 0.29) is 0 Å². The number of likely N-dealkylation sites (N-methyl/N-ethyl adjacent to an activating group) is 1. The van der Waals surface area contributed by atoms with Crippen molar-refractivity contribution in [2.24, 2.45) is 0 Å². The van der Waals surface area contributed by atoms with Crippen LogP contribution in [0.5, 0.6) is 0 Å². The van der Waals surface area contributed by atoms with Crippen LogP contribution in [-0.2, 0) is 6.54 Å². The van der Waals surface area contributed by atoms with Crippen LogP contribution in [0, 0.1) is 0 Å². The van der Waals surface area contributed by atoms with Crippen LogP contribution < -0.4 is 5.32 Å². The monoisotopic (exact) mass is 257 g/mol. The molecule has 4 nitrogen and oxygen atoms in total. The van der Waals surface area contributed by atoms with Gasteiger partial charge in [-0.15, -0.1) is 0 Å². The summed E-state index contributed by atoms with van der Waals surface area (Å²) in [5.74, 6) is 0.707. The van der Waals surface area contributed by atoms with Crippen molar-refractivity contribution < 1.29 is 4.42 Å². The van der Waals surface area contributed by atoms with E-state index in [0.29, 0.717) is 11.9 Å². The fraction of sp³-hybridized carbons (Fsp3) is 0.400. The fourth-order valence-electron chi connectivity index (χ4n) is 2.33. The number of rotatable bonds is 5. The van der Waals surface area contributed by atoms with Crippen LogP contribution in [-0.4, -0.2) is 35.6 Å². The molecule has 4 heteroatoms. The molecular weight excluding hydrogens is 238 g/mol. The minimum absolute atomic E-state index is 0.641. The Morgan fingerprint density at radius 2 is 2.11 bits per heavy atom. The molecule has 0 spiro atoms. The van der Waals surface area contributed by atoms with Gasteiger partial charge in [-0.3, -0.25) is 4.90 Å². The zero-order valence-electron chi connectivity index (χ0n) is 11.2.